The Morgan fingerprint density at radius 1 is 1.10 bits per heavy atom. The van der Waals surface area contributed by atoms with Crippen LogP contribution >= 0.6 is 0 Å². The van der Waals surface area contributed by atoms with Crippen molar-refractivity contribution in [2.24, 2.45) is 0 Å². The molecule has 2 aromatic rings. The van der Waals surface area contributed by atoms with Gasteiger partial charge in [0, 0.05) is 30.9 Å². The molecule has 1 saturated heterocycles. The van der Waals surface area contributed by atoms with Crippen LogP contribution in [0.2, 0.25) is 0 Å². The number of carbonyl (C=O) groups excluding carboxylic acids is 2. The predicted molar refractivity (Wildman–Crippen MR) is 108 cm³/mol. The summed E-state index contributed by atoms with van der Waals surface area (Å²) in [5, 5.41) is 5.03. The van der Waals surface area contributed by atoms with Crippen LogP contribution in [0.5, 0.6) is 5.75 Å². The van der Waals surface area contributed by atoms with Gasteiger partial charge in [0.25, 0.3) is 0 Å². The van der Waals surface area contributed by atoms with E-state index in [0.717, 1.165) is 0 Å². The lowest BCUT2D eigenvalue weighted by Crippen LogP contribution is -2.45. The third-order valence-electron chi connectivity index (χ3n) is 4.70. The van der Waals surface area contributed by atoms with E-state index in [-0.39, 0.29) is 11.4 Å². The average molecular weight is 417 g/mol. The van der Waals surface area contributed by atoms with Crippen molar-refractivity contribution in [3.63, 3.8) is 0 Å². The van der Waals surface area contributed by atoms with Crippen LogP contribution in [0.4, 0.5) is 5.69 Å². The summed E-state index contributed by atoms with van der Waals surface area (Å²) < 4.78 is 32.2. The number of methoxy groups -OCH3 is 1. The number of nitrogens with one attached hydrogen (secondary N) is 2. The minimum Gasteiger partial charge on any atom is -0.497 e. The number of hydrogen-bond acceptors (Lipinski definition) is 5. The van der Waals surface area contributed by atoms with Crippen molar-refractivity contribution in [1.29, 1.82) is 0 Å². The summed E-state index contributed by atoms with van der Waals surface area (Å²) >= 11 is 0. The fraction of sp³-hybridized carbons (Fsp3) is 0.300. The highest BCUT2D eigenvalue weighted by molar-refractivity contribution is 7.89. The van der Waals surface area contributed by atoms with Gasteiger partial charge in [-0.05, 0) is 37.1 Å². The SMILES string of the molecule is COc1cccc(NC(=O)C(=O)NC[C@H]2CCCN2S(=O)(=O)c2ccccc2)c1. The molecule has 0 aliphatic carbocycles. The zero-order valence-corrected chi connectivity index (χ0v) is 16.8. The average Bonchev–Trinajstić information content (AvgIpc) is 3.22. The molecule has 154 valence electrons. The second-order valence-corrected chi connectivity index (χ2v) is 8.51. The molecule has 9 heteroatoms. The van der Waals surface area contributed by atoms with E-state index in [1.54, 1.807) is 54.6 Å². The largest absolute Gasteiger partial charge is 0.497 e. The molecule has 1 fully saturated rings. The van der Waals surface area contributed by atoms with Gasteiger partial charge in [-0.1, -0.05) is 24.3 Å². The van der Waals surface area contributed by atoms with Crippen molar-refractivity contribution in [2.45, 2.75) is 23.8 Å². The van der Waals surface area contributed by atoms with Crippen molar-refractivity contribution in [3.05, 3.63) is 54.6 Å². The van der Waals surface area contributed by atoms with E-state index in [0.29, 0.717) is 30.8 Å². The number of rotatable bonds is 6. The topological polar surface area (TPSA) is 105 Å². The van der Waals surface area contributed by atoms with Crippen molar-refractivity contribution < 1.29 is 22.7 Å². The molecule has 0 aromatic heterocycles. The van der Waals surface area contributed by atoms with Gasteiger partial charge in [0.05, 0.1) is 12.0 Å². The van der Waals surface area contributed by atoms with Crippen LogP contribution in [0.1, 0.15) is 12.8 Å². The highest BCUT2D eigenvalue weighted by Gasteiger charge is 2.35. The Morgan fingerprint density at radius 2 is 1.86 bits per heavy atom. The van der Waals surface area contributed by atoms with E-state index in [1.165, 1.54) is 11.4 Å². The van der Waals surface area contributed by atoms with E-state index in [2.05, 4.69) is 10.6 Å². The van der Waals surface area contributed by atoms with Gasteiger partial charge in [-0.3, -0.25) is 9.59 Å². The zero-order chi connectivity index (χ0) is 20.9. The summed E-state index contributed by atoms with van der Waals surface area (Å²) in [6.45, 7) is 0.449. The first-order valence-corrected chi connectivity index (χ1v) is 10.7. The highest BCUT2D eigenvalue weighted by atomic mass is 32.2. The fourth-order valence-corrected chi connectivity index (χ4v) is 4.95. The minimum absolute atomic E-state index is 0.0659. The molecule has 2 amide bonds. The Morgan fingerprint density at radius 3 is 2.59 bits per heavy atom. The molecule has 0 unspecified atom stereocenters. The molecule has 0 radical (unpaired) electrons. The molecule has 29 heavy (non-hydrogen) atoms. The number of sulfonamides is 1. The molecule has 1 heterocycles. The Balaban J connectivity index is 1.59. The van der Waals surface area contributed by atoms with Gasteiger partial charge in [-0.15, -0.1) is 0 Å². The number of amides is 2. The highest BCUT2D eigenvalue weighted by Crippen LogP contribution is 2.25. The minimum atomic E-state index is -3.64. The summed E-state index contributed by atoms with van der Waals surface area (Å²) in [7, 11) is -2.14. The van der Waals surface area contributed by atoms with Gasteiger partial charge in [-0.25, -0.2) is 8.42 Å². The lowest BCUT2D eigenvalue weighted by Gasteiger charge is -2.24. The summed E-state index contributed by atoms with van der Waals surface area (Å²) in [5.74, 6) is -1.10. The summed E-state index contributed by atoms with van der Waals surface area (Å²) in [6, 6.07) is 14.4. The molecule has 2 aromatic carbocycles. The third kappa shape index (κ3) is 4.93. The molecule has 3 rings (SSSR count). The molecule has 1 aliphatic rings. The van der Waals surface area contributed by atoms with E-state index < -0.39 is 27.9 Å². The van der Waals surface area contributed by atoms with Crippen LogP contribution in [0.15, 0.2) is 59.5 Å². The maximum atomic E-state index is 12.8. The van der Waals surface area contributed by atoms with Gasteiger partial charge in [0.15, 0.2) is 0 Å². The number of carbonyl (C=O) groups is 2. The monoisotopic (exact) mass is 417 g/mol. The van der Waals surface area contributed by atoms with Crippen LogP contribution in [0.3, 0.4) is 0 Å². The molecule has 0 bridgehead atoms. The van der Waals surface area contributed by atoms with Crippen molar-refractivity contribution in [2.75, 3.05) is 25.5 Å². The van der Waals surface area contributed by atoms with Crippen LogP contribution in [0.25, 0.3) is 0 Å². The molecule has 2 N–H and O–H groups in total. The van der Waals surface area contributed by atoms with Gasteiger partial charge in [0.2, 0.25) is 10.0 Å². The first kappa shape index (κ1) is 20.8. The summed E-state index contributed by atoms with van der Waals surface area (Å²) in [6.07, 6.45) is 1.31. The van der Waals surface area contributed by atoms with E-state index in [1.807, 2.05) is 0 Å². The third-order valence-corrected chi connectivity index (χ3v) is 6.67. The second kappa shape index (κ2) is 9.06. The molecule has 0 spiro atoms. The Kier molecular flexibility index (Phi) is 6.50. The van der Waals surface area contributed by atoms with Gasteiger partial charge in [-0.2, -0.15) is 4.31 Å². The van der Waals surface area contributed by atoms with E-state index in [9.17, 15) is 18.0 Å². The maximum Gasteiger partial charge on any atom is 0.313 e. The summed E-state index contributed by atoms with van der Waals surface area (Å²) in [5.41, 5.74) is 0.429. The quantitative estimate of drug-likeness (QED) is 0.695. The normalized spacial score (nSPS) is 16.9. The first-order chi connectivity index (χ1) is 13.9. The first-order valence-electron chi connectivity index (χ1n) is 9.22. The Hall–Kier alpha value is -2.91. The smallest absolute Gasteiger partial charge is 0.313 e. The van der Waals surface area contributed by atoms with Crippen molar-refractivity contribution >= 4 is 27.5 Å². The second-order valence-electron chi connectivity index (χ2n) is 6.62. The molecular formula is C20H23N3O5S. The molecule has 1 atom stereocenters. The molecule has 0 saturated carbocycles. The number of anilines is 1. The van der Waals surface area contributed by atoms with E-state index >= 15 is 0 Å². The lowest BCUT2D eigenvalue weighted by atomic mass is 10.2. The lowest BCUT2D eigenvalue weighted by molar-refractivity contribution is -0.136. The fourth-order valence-electron chi connectivity index (χ4n) is 3.24. The molecular weight excluding hydrogens is 394 g/mol. The molecule has 8 nitrogen and oxygen atoms in total. The van der Waals surface area contributed by atoms with Gasteiger partial charge >= 0.3 is 11.8 Å². The van der Waals surface area contributed by atoms with Crippen LogP contribution in [-0.4, -0.2) is 50.8 Å². The Labute approximate surface area is 169 Å². The van der Waals surface area contributed by atoms with Gasteiger partial charge in [0.1, 0.15) is 5.75 Å². The van der Waals surface area contributed by atoms with E-state index in [4.69, 9.17) is 4.74 Å². The number of ether oxygens (including phenoxy) is 1. The summed E-state index contributed by atoms with van der Waals surface area (Å²) in [4.78, 5) is 24.5. The van der Waals surface area contributed by atoms with Gasteiger partial charge < -0.3 is 15.4 Å². The standard InChI is InChI=1S/C20H23N3O5S/c1-28-17-9-5-7-15(13-17)22-20(25)19(24)21-14-16-8-6-12-23(16)29(26,27)18-10-3-2-4-11-18/h2-5,7,9-11,13,16H,6,8,12,14H2,1H3,(H,21,24)(H,22,25)/t16-/m1/s1. The zero-order valence-electron chi connectivity index (χ0n) is 16.0. The maximum absolute atomic E-state index is 12.8. The van der Waals surface area contributed by atoms with Crippen LogP contribution in [0, 0.1) is 0 Å². The van der Waals surface area contributed by atoms with Crippen molar-refractivity contribution in [3.8, 4) is 5.75 Å². The number of nitrogens with zero attached hydrogens (tertiary/aromatic N) is 1. The van der Waals surface area contributed by atoms with Crippen LogP contribution in [-0.2, 0) is 19.6 Å². The number of benzene rings is 2. The Bertz CT molecular complexity index is 979. The number of hydrogen-bond donors (Lipinski definition) is 2. The predicted octanol–water partition coefficient (Wildman–Crippen LogP) is 1.60. The molecule has 1 aliphatic heterocycles. The van der Waals surface area contributed by atoms with Crippen molar-refractivity contribution in [1.82, 2.24) is 9.62 Å². The van der Waals surface area contributed by atoms with Crippen LogP contribution < -0.4 is 15.4 Å².